The van der Waals surface area contributed by atoms with Crippen molar-refractivity contribution < 1.29 is 31.4 Å². The van der Waals surface area contributed by atoms with E-state index in [0.29, 0.717) is 47.5 Å². The fourth-order valence-electron chi connectivity index (χ4n) is 6.20. The van der Waals surface area contributed by atoms with Gasteiger partial charge < -0.3 is 15.5 Å². The summed E-state index contributed by atoms with van der Waals surface area (Å²) in [4.78, 5) is 0.266. The molecule has 6 rings (SSSR count). The van der Waals surface area contributed by atoms with E-state index in [1.807, 2.05) is 12.1 Å². The molecule has 0 radical (unpaired) electrons. The van der Waals surface area contributed by atoms with Gasteiger partial charge in [0.05, 0.1) is 21.2 Å². The third kappa shape index (κ3) is 11.5. The van der Waals surface area contributed by atoms with Crippen molar-refractivity contribution in [3.8, 4) is 0 Å². The standard InChI is InChI=1S/C23H25ClN2O4S.C23H23ClN2O3S/c1-22(2,3)16-5-8-19(9-6-16)31(29,30)25-21-10-7-18(24)15-20(21)23(4,27)17-11-13-26(28)14-12-17;1-16(17-11-13-26(27)14-12-17)21-15-19(24)7-10-22(21)25-30(28,29)20-8-5-18(6-9-20)23(2,3)4/h5-15,25,27H,1-4H3;5-15,25H,1H2,2-4H3. The molecule has 0 aliphatic rings. The number of nitrogens with zero attached hydrogens (tertiary/aromatic N) is 2. The molecule has 1 atom stereocenters. The van der Waals surface area contributed by atoms with Crippen LogP contribution in [0.2, 0.25) is 10.0 Å². The Morgan fingerprint density at radius 1 is 0.574 bits per heavy atom. The molecule has 0 amide bonds. The number of benzene rings is 4. The number of sulfonamides is 2. The minimum atomic E-state index is -3.92. The maximum absolute atomic E-state index is 13.0. The molecule has 0 aliphatic carbocycles. The molecule has 0 saturated carbocycles. The van der Waals surface area contributed by atoms with Crippen LogP contribution in [-0.4, -0.2) is 21.9 Å². The molecule has 11 nitrogen and oxygen atoms in total. The van der Waals surface area contributed by atoms with Crippen molar-refractivity contribution in [3.63, 3.8) is 0 Å². The van der Waals surface area contributed by atoms with Crippen LogP contribution in [0.3, 0.4) is 0 Å². The average Bonchev–Trinajstić information content (AvgIpc) is 3.19. The second-order valence-corrected chi connectivity index (χ2v) is 20.8. The van der Waals surface area contributed by atoms with Crippen LogP contribution in [0, 0.1) is 10.4 Å². The van der Waals surface area contributed by atoms with Crippen LogP contribution in [-0.2, 0) is 36.5 Å². The van der Waals surface area contributed by atoms with E-state index in [1.54, 1.807) is 66.7 Å². The van der Waals surface area contributed by atoms with E-state index in [1.165, 1.54) is 62.0 Å². The maximum atomic E-state index is 13.0. The van der Waals surface area contributed by atoms with Crippen molar-refractivity contribution in [1.29, 1.82) is 0 Å². The molecule has 15 heteroatoms. The van der Waals surface area contributed by atoms with Gasteiger partial charge in [-0.05, 0) is 106 Å². The second-order valence-electron chi connectivity index (χ2n) is 16.6. The number of hydrogen-bond acceptors (Lipinski definition) is 7. The van der Waals surface area contributed by atoms with E-state index < -0.39 is 25.6 Å². The maximum Gasteiger partial charge on any atom is 0.261 e. The van der Waals surface area contributed by atoms with Crippen molar-refractivity contribution in [3.05, 3.63) is 194 Å². The molecule has 320 valence electrons. The van der Waals surface area contributed by atoms with Crippen molar-refractivity contribution in [2.75, 3.05) is 9.44 Å². The highest BCUT2D eigenvalue weighted by molar-refractivity contribution is 7.93. The lowest BCUT2D eigenvalue weighted by atomic mass is 9.87. The molecule has 0 bridgehead atoms. The van der Waals surface area contributed by atoms with Crippen molar-refractivity contribution in [2.45, 2.75) is 74.7 Å². The van der Waals surface area contributed by atoms with Gasteiger partial charge in [-0.2, -0.15) is 9.46 Å². The Balaban J connectivity index is 0.000000231. The number of aliphatic hydroxyl groups is 1. The summed E-state index contributed by atoms with van der Waals surface area (Å²) in [5.41, 5.74) is 3.24. The first-order valence-electron chi connectivity index (χ1n) is 18.9. The predicted octanol–water partition coefficient (Wildman–Crippen LogP) is 9.46. The van der Waals surface area contributed by atoms with Crippen LogP contribution >= 0.6 is 23.2 Å². The van der Waals surface area contributed by atoms with Gasteiger partial charge in [0.2, 0.25) is 0 Å². The summed E-state index contributed by atoms with van der Waals surface area (Å²) in [7, 11) is -7.74. The largest absolute Gasteiger partial charge is 0.619 e. The van der Waals surface area contributed by atoms with Crippen molar-refractivity contribution >= 4 is 60.2 Å². The van der Waals surface area contributed by atoms with Crippen LogP contribution in [0.5, 0.6) is 0 Å². The normalized spacial score (nSPS) is 13.0. The number of anilines is 2. The average molecular weight is 904 g/mol. The Labute approximate surface area is 368 Å². The van der Waals surface area contributed by atoms with Gasteiger partial charge in [-0.1, -0.05) is 95.6 Å². The second kappa shape index (κ2) is 17.9. The highest BCUT2D eigenvalue weighted by Gasteiger charge is 2.31. The third-order valence-corrected chi connectivity index (χ3v) is 13.1. The fourth-order valence-corrected chi connectivity index (χ4v) is 8.70. The van der Waals surface area contributed by atoms with E-state index in [9.17, 15) is 32.4 Å². The van der Waals surface area contributed by atoms with E-state index >= 15 is 0 Å². The van der Waals surface area contributed by atoms with E-state index in [4.69, 9.17) is 23.2 Å². The molecule has 2 aromatic heterocycles. The Hall–Kier alpha value is -5.44. The van der Waals surface area contributed by atoms with Gasteiger partial charge in [-0.15, -0.1) is 0 Å². The quantitative estimate of drug-likeness (QED) is 0.0910. The van der Waals surface area contributed by atoms with E-state index in [2.05, 4.69) is 57.6 Å². The molecule has 0 spiro atoms. The first kappa shape index (κ1) is 46.6. The number of rotatable bonds is 10. The lowest BCUT2D eigenvalue weighted by molar-refractivity contribution is -0.605. The Morgan fingerprint density at radius 2 is 0.967 bits per heavy atom. The number of halogens is 2. The topological polar surface area (TPSA) is 166 Å². The van der Waals surface area contributed by atoms with Gasteiger partial charge in [0, 0.05) is 45.4 Å². The van der Waals surface area contributed by atoms with Crippen LogP contribution < -0.4 is 18.9 Å². The smallest absolute Gasteiger partial charge is 0.261 e. The summed E-state index contributed by atoms with van der Waals surface area (Å²) < 4.78 is 58.5. The predicted molar refractivity (Wildman–Crippen MR) is 242 cm³/mol. The van der Waals surface area contributed by atoms with Gasteiger partial charge in [-0.25, -0.2) is 16.8 Å². The van der Waals surface area contributed by atoms with Gasteiger partial charge in [-0.3, -0.25) is 9.44 Å². The zero-order valence-electron chi connectivity index (χ0n) is 34.8. The zero-order valence-corrected chi connectivity index (χ0v) is 37.9. The van der Waals surface area contributed by atoms with Crippen LogP contribution in [0.25, 0.3) is 5.57 Å². The number of pyridine rings is 2. The minimum Gasteiger partial charge on any atom is -0.619 e. The summed E-state index contributed by atoms with van der Waals surface area (Å²) in [6, 6.07) is 29.1. The molecular weight excluding hydrogens is 856 g/mol. The third-order valence-electron chi connectivity index (χ3n) is 9.88. The molecule has 0 fully saturated rings. The number of hydrogen-bond donors (Lipinski definition) is 3. The van der Waals surface area contributed by atoms with Gasteiger partial charge in [0.25, 0.3) is 20.0 Å². The molecular formula is C46H48Cl2N4O7S2. The SMILES string of the molecule is C=C(c1cc[n+]([O-])cc1)c1cc(Cl)ccc1NS(=O)(=O)c1ccc(C(C)(C)C)cc1.CC(C)(C)c1ccc(S(=O)(=O)Nc2ccc(Cl)cc2C(C)(O)c2cc[n+]([O-])cc2)cc1. The van der Waals surface area contributed by atoms with Crippen LogP contribution in [0.1, 0.15) is 81.8 Å². The lowest BCUT2D eigenvalue weighted by Gasteiger charge is -2.27. The van der Waals surface area contributed by atoms with Crippen LogP contribution in [0.4, 0.5) is 11.4 Å². The van der Waals surface area contributed by atoms with Crippen molar-refractivity contribution in [1.82, 2.24) is 0 Å². The fraction of sp³-hybridized carbons (Fsp3) is 0.217. The number of aromatic nitrogens is 2. The minimum absolute atomic E-state index is 0.0747. The first-order chi connectivity index (χ1) is 28.3. The molecule has 61 heavy (non-hydrogen) atoms. The Morgan fingerprint density at radius 3 is 1.41 bits per heavy atom. The Kier molecular flexibility index (Phi) is 13.7. The summed E-state index contributed by atoms with van der Waals surface area (Å²) in [5, 5.41) is 34.7. The zero-order chi connectivity index (χ0) is 45.1. The lowest BCUT2D eigenvalue weighted by Crippen LogP contribution is -2.29. The molecule has 2 heterocycles. The monoisotopic (exact) mass is 902 g/mol. The summed E-state index contributed by atoms with van der Waals surface area (Å²) in [6.45, 7) is 17.9. The van der Waals surface area contributed by atoms with Crippen molar-refractivity contribution in [2.24, 2.45) is 0 Å². The van der Waals surface area contributed by atoms with E-state index in [-0.39, 0.29) is 31.9 Å². The highest BCUT2D eigenvalue weighted by Crippen LogP contribution is 2.37. The molecule has 6 aromatic rings. The molecule has 0 aliphatic heterocycles. The van der Waals surface area contributed by atoms with Gasteiger partial charge in [0.15, 0.2) is 24.8 Å². The molecule has 1 unspecified atom stereocenters. The summed E-state index contributed by atoms with van der Waals surface area (Å²) in [5.74, 6) is 0. The summed E-state index contributed by atoms with van der Waals surface area (Å²) >= 11 is 12.3. The summed E-state index contributed by atoms with van der Waals surface area (Å²) in [6.07, 6.45) is 5.22. The first-order valence-corrected chi connectivity index (χ1v) is 22.7. The Bertz CT molecular complexity index is 2750. The van der Waals surface area contributed by atoms with Gasteiger partial charge in [0.1, 0.15) is 5.60 Å². The number of nitrogens with one attached hydrogen (secondary N) is 2. The highest BCUT2D eigenvalue weighted by atomic mass is 35.5. The molecule has 4 aromatic carbocycles. The van der Waals surface area contributed by atoms with Gasteiger partial charge >= 0.3 is 0 Å². The molecule has 3 N–H and O–H groups in total. The van der Waals surface area contributed by atoms with E-state index in [0.717, 1.165) is 11.1 Å². The molecule has 0 saturated heterocycles. The van der Waals surface area contributed by atoms with Crippen LogP contribution in [0.15, 0.2) is 150 Å².